The molecule has 0 saturated heterocycles. The highest BCUT2D eigenvalue weighted by Gasteiger charge is 2.08. The van der Waals surface area contributed by atoms with E-state index in [-0.39, 0.29) is 16.7 Å². The maximum atomic E-state index is 11.1. The Hall–Kier alpha value is -2.15. The number of carbonyl (C=O) groups is 2. The fourth-order valence-corrected chi connectivity index (χ4v) is 1.02. The lowest BCUT2D eigenvalue weighted by molar-refractivity contribution is 0.0600. The van der Waals surface area contributed by atoms with E-state index < -0.39 is 5.97 Å². The third-order valence-corrected chi connectivity index (χ3v) is 1.64. The Morgan fingerprint density at radius 1 is 1.50 bits per heavy atom. The second kappa shape index (κ2) is 4.19. The lowest BCUT2D eigenvalue weighted by Crippen LogP contribution is -2.02. The third kappa shape index (κ3) is 1.96. The maximum Gasteiger partial charge on any atom is 0.337 e. The molecule has 0 bridgehead atoms. The minimum Gasteiger partial charge on any atom is -0.465 e. The molecule has 0 amide bonds. The zero-order chi connectivity index (χ0) is 10.6. The summed E-state index contributed by atoms with van der Waals surface area (Å²) in [6.07, 6.45) is 0.577. The van der Waals surface area contributed by atoms with E-state index >= 15 is 0 Å². The average Bonchev–Trinajstić information content (AvgIpc) is 2.27. The molecule has 0 spiro atoms. The summed E-state index contributed by atoms with van der Waals surface area (Å²) >= 11 is 0. The first kappa shape index (κ1) is 9.93. The fourth-order valence-electron chi connectivity index (χ4n) is 1.02. The van der Waals surface area contributed by atoms with Crippen LogP contribution in [0.25, 0.3) is 0 Å². The average molecular weight is 189 g/mol. The molecule has 0 aromatic heterocycles. The second-order valence-corrected chi connectivity index (χ2v) is 2.56. The highest BCUT2D eigenvalue weighted by molar-refractivity contribution is 5.92. The highest BCUT2D eigenvalue weighted by Crippen LogP contribution is 2.09. The van der Waals surface area contributed by atoms with Gasteiger partial charge in [0.1, 0.15) is 6.29 Å². The van der Waals surface area contributed by atoms with E-state index in [1.165, 1.54) is 25.3 Å². The Kier molecular flexibility index (Phi) is 2.97. The van der Waals surface area contributed by atoms with Gasteiger partial charge in [0, 0.05) is 5.56 Å². The van der Waals surface area contributed by atoms with Crippen molar-refractivity contribution in [2.75, 3.05) is 7.11 Å². The van der Waals surface area contributed by atoms with Crippen LogP contribution in [0.5, 0.6) is 0 Å². The van der Waals surface area contributed by atoms with Crippen molar-refractivity contribution in [1.29, 1.82) is 5.26 Å². The number of nitrogens with zero attached hydrogens (tertiary/aromatic N) is 1. The van der Waals surface area contributed by atoms with E-state index in [0.717, 1.165) is 0 Å². The van der Waals surface area contributed by atoms with Gasteiger partial charge < -0.3 is 4.74 Å². The molecule has 0 radical (unpaired) electrons. The van der Waals surface area contributed by atoms with Gasteiger partial charge in [0.15, 0.2) is 0 Å². The standard InChI is InChI=1S/C10H7NO3/c1-14-10(13)9-3-7(5-11)2-8(4-9)6-12/h2-4,6H,1H3. The minimum absolute atomic E-state index is 0.202. The number of hydrogen-bond acceptors (Lipinski definition) is 4. The molecule has 1 aromatic carbocycles. The highest BCUT2D eigenvalue weighted by atomic mass is 16.5. The lowest BCUT2D eigenvalue weighted by Gasteiger charge is -2.00. The number of methoxy groups -OCH3 is 1. The van der Waals surface area contributed by atoms with E-state index in [2.05, 4.69) is 4.74 Å². The fraction of sp³-hybridized carbons (Fsp3) is 0.100. The number of nitriles is 1. The molecule has 1 rings (SSSR count). The van der Waals surface area contributed by atoms with Crippen molar-refractivity contribution in [2.45, 2.75) is 0 Å². The number of rotatable bonds is 2. The van der Waals surface area contributed by atoms with Gasteiger partial charge in [-0.2, -0.15) is 5.26 Å². The van der Waals surface area contributed by atoms with E-state index in [9.17, 15) is 9.59 Å². The van der Waals surface area contributed by atoms with Gasteiger partial charge in [-0.1, -0.05) is 0 Å². The first-order chi connectivity index (χ1) is 6.71. The molecule has 0 fully saturated rings. The number of aldehydes is 1. The molecule has 14 heavy (non-hydrogen) atoms. The Labute approximate surface area is 80.7 Å². The van der Waals surface area contributed by atoms with Gasteiger partial charge in [-0.3, -0.25) is 4.79 Å². The number of carbonyl (C=O) groups excluding carboxylic acids is 2. The van der Waals surface area contributed by atoms with Crippen LogP contribution in [0.1, 0.15) is 26.3 Å². The largest absolute Gasteiger partial charge is 0.465 e. The van der Waals surface area contributed by atoms with E-state index in [4.69, 9.17) is 5.26 Å². The van der Waals surface area contributed by atoms with Crippen LogP contribution in [0.15, 0.2) is 18.2 Å². The first-order valence-electron chi connectivity index (χ1n) is 3.80. The molecular formula is C10H7NO3. The molecule has 0 aliphatic carbocycles. The molecule has 70 valence electrons. The first-order valence-corrected chi connectivity index (χ1v) is 3.80. The minimum atomic E-state index is -0.565. The van der Waals surface area contributed by atoms with E-state index in [1.807, 2.05) is 6.07 Å². The van der Waals surface area contributed by atoms with E-state index in [1.54, 1.807) is 0 Å². The zero-order valence-corrected chi connectivity index (χ0v) is 7.48. The molecule has 0 aliphatic heterocycles. The summed E-state index contributed by atoms with van der Waals surface area (Å²) in [6, 6.07) is 6.01. The van der Waals surface area contributed by atoms with Crippen LogP contribution in [0.3, 0.4) is 0 Å². The van der Waals surface area contributed by atoms with Crippen molar-refractivity contribution in [2.24, 2.45) is 0 Å². The van der Waals surface area contributed by atoms with Crippen LogP contribution in [-0.4, -0.2) is 19.4 Å². The van der Waals surface area contributed by atoms with Crippen molar-refractivity contribution < 1.29 is 14.3 Å². The molecular weight excluding hydrogens is 182 g/mol. The third-order valence-electron chi connectivity index (χ3n) is 1.64. The number of benzene rings is 1. The van der Waals surface area contributed by atoms with Crippen molar-refractivity contribution in [3.05, 3.63) is 34.9 Å². The quantitative estimate of drug-likeness (QED) is 0.517. The van der Waals surface area contributed by atoms with Gasteiger partial charge in [-0.25, -0.2) is 4.79 Å². The molecule has 0 aliphatic rings. The van der Waals surface area contributed by atoms with Crippen LogP contribution < -0.4 is 0 Å². The van der Waals surface area contributed by atoms with Gasteiger partial charge in [-0.15, -0.1) is 0 Å². The summed E-state index contributed by atoms with van der Waals surface area (Å²) in [4.78, 5) is 21.6. The molecule has 4 heteroatoms. The Bertz CT molecular complexity index is 418. The topological polar surface area (TPSA) is 67.2 Å². The van der Waals surface area contributed by atoms with Crippen LogP contribution in [0.4, 0.5) is 0 Å². The Morgan fingerprint density at radius 2 is 2.21 bits per heavy atom. The SMILES string of the molecule is COC(=O)c1cc(C#N)cc(C=O)c1. The summed E-state index contributed by atoms with van der Waals surface area (Å²) in [6.45, 7) is 0. The smallest absolute Gasteiger partial charge is 0.337 e. The summed E-state index contributed by atoms with van der Waals surface area (Å²) in [7, 11) is 1.24. The summed E-state index contributed by atoms with van der Waals surface area (Å²) in [5.74, 6) is -0.565. The predicted molar refractivity (Wildman–Crippen MR) is 47.9 cm³/mol. The molecule has 1 aromatic rings. The van der Waals surface area contributed by atoms with Gasteiger partial charge in [0.2, 0.25) is 0 Å². The van der Waals surface area contributed by atoms with Crippen molar-refractivity contribution in [3.8, 4) is 6.07 Å². The number of esters is 1. The maximum absolute atomic E-state index is 11.1. The monoisotopic (exact) mass is 189 g/mol. The van der Waals surface area contributed by atoms with E-state index in [0.29, 0.717) is 6.29 Å². The molecule has 0 N–H and O–H groups in total. The molecule has 0 unspecified atom stereocenters. The van der Waals surface area contributed by atoms with Gasteiger partial charge in [-0.05, 0) is 18.2 Å². The Balaban J connectivity index is 3.25. The number of hydrogen-bond donors (Lipinski definition) is 0. The van der Waals surface area contributed by atoms with Crippen molar-refractivity contribution >= 4 is 12.3 Å². The van der Waals surface area contributed by atoms with Crippen LogP contribution >= 0.6 is 0 Å². The summed E-state index contributed by atoms with van der Waals surface area (Å²) in [5, 5.41) is 8.62. The van der Waals surface area contributed by atoms with Crippen LogP contribution in [-0.2, 0) is 4.74 Å². The van der Waals surface area contributed by atoms with Crippen LogP contribution in [0, 0.1) is 11.3 Å². The molecule has 0 saturated carbocycles. The summed E-state index contributed by atoms with van der Waals surface area (Å²) in [5.41, 5.74) is 0.744. The lowest BCUT2D eigenvalue weighted by atomic mass is 10.1. The second-order valence-electron chi connectivity index (χ2n) is 2.56. The predicted octanol–water partition coefficient (Wildman–Crippen LogP) is 1.16. The van der Waals surface area contributed by atoms with Gasteiger partial charge in [0.05, 0.1) is 24.3 Å². The van der Waals surface area contributed by atoms with Gasteiger partial charge in [0.25, 0.3) is 0 Å². The van der Waals surface area contributed by atoms with Crippen molar-refractivity contribution in [3.63, 3.8) is 0 Å². The van der Waals surface area contributed by atoms with Gasteiger partial charge >= 0.3 is 5.97 Å². The molecule has 0 heterocycles. The van der Waals surface area contributed by atoms with Crippen molar-refractivity contribution in [1.82, 2.24) is 0 Å². The summed E-state index contributed by atoms with van der Waals surface area (Å²) < 4.78 is 4.47. The number of ether oxygens (including phenoxy) is 1. The van der Waals surface area contributed by atoms with Crippen LogP contribution in [0.2, 0.25) is 0 Å². The molecule has 4 nitrogen and oxygen atoms in total. The zero-order valence-electron chi connectivity index (χ0n) is 7.48. The normalized spacial score (nSPS) is 8.86. The molecule has 0 atom stereocenters. The Morgan fingerprint density at radius 3 is 2.71 bits per heavy atom.